The molecule has 7 heteroatoms. The molecule has 0 spiro atoms. The minimum absolute atomic E-state index is 0.199. The summed E-state index contributed by atoms with van der Waals surface area (Å²) in [4.78, 5) is 23.6. The topological polar surface area (TPSA) is 84.2 Å². The Kier molecular flexibility index (Phi) is 5.62. The molecule has 0 aliphatic rings. The van der Waals surface area contributed by atoms with Crippen molar-refractivity contribution in [3.8, 4) is 0 Å². The van der Waals surface area contributed by atoms with E-state index >= 15 is 0 Å². The Hall–Kier alpha value is -2.34. The lowest BCUT2D eigenvalue weighted by molar-refractivity contribution is -0.142. The van der Waals surface area contributed by atoms with Crippen LogP contribution in [0.5, 0.6) is 0 Å². The number of aryl methyl sites for hydroxylation is 2. The number of carboxylic acids is 1. The van der Waals surface area contributed by atoms with E-state index in [1.165, 1.54) is 0 Å². The Labute approximate surface area is 145 Å². The minimum atomic E-state index is -1.11. The predicted octanol–water partition coefficient (Wildman–Crippen LogP) is 2.57. The molecule has 24 heavy (non-hydrogen) atoms. The number of hydrogen-bond donors (Lipinski definition) is 2. The van der Waals surface area contributed by atoms with Crippen LogP contribution in [0.25, 0.3) is 0 Å². The van der Waals surface area contributed by atoms with Crippen LogP contribution in [0, 0.1) is 13.8 Å². The lowest BCUT2D eigenvalue weighted by Gasteiger charge is -2.15. The van der Waals surface area contributed by atoms with Crippen molar-refractivity contribution in [2.24, 2.45) is 7.05 Å². The maximum atomic E-state index is 12.2. The van der Waals surface area contributed by atoms with Gasteiger partial charge < -0.3 is 10.4 Å². The summed E-state index contributed by atoms with van der Waals surface area (Å²) >= 11 is 5.81. The summed E-state index contributed by atoms with van der Waals surface area (Å²) in [5, 5.41) is 16.7. The fourth-order valence-electron chi connectivity index (χ4n) is 2.59. The summed E-state index contributed by atoms with van der Waals surface area (Å²) in [5.74, 6) is -1.43. The first-order chi connectivity index (χ1) is 11.3. The average molecular weight is 350 g/mol. The standard InChI is InChI=1S/C17H20ClN3O3/c1-10-14(11(2)21(3)20-10)8-9-15(22)19-16(17(23)24)12-4-6-13(18)7-5-12/h4-7,16H,8-9H2,1-3H3,(H,19,22)(H,23,24)/t16-/m1/s1. The van der Waals surface area contributed by atoms with Crippen LogP contribution in [0.3, 0.4) is 0 Å². The van der Waals surface area contributed by atoms with E-state index in [0.717, 1.165) is 17.0 Å². The number of aliphatic carboxylic acids is 1. The maximum Gasteiger partial charge on any atom is 0.330 e. The van der Waals surface area contributed by atoms with Gasteiger partial charge in [-0.25, -0.2) is 4.79 Å². The van der Waals surface area contributed by atoms with Gasteiger partial charge in [-0.05, 0) is 43.5 Å². The third-order valence-corrected chi connectivity index (χ3v) is 4.27. The van der Waals surface area contributed by atoms with Crippen molar-refractivity contribution in [3.63, 3.8) is 0 Å². The van der Waals surface area contributed by atoms with E-state index in [-0.39, 0.29) is 12.3 Å². The molecule has 2 N–H and O–H groups in total. The van der Waals surface area contributed by atoms with Gasteiger partial charge in [0.05, 0.1) is 5.69 Å². The Morgan fingerprint density at radius 2 is 1.92 bits per heavy atom. The highest BCUT2D eigenvalue weighted by Gasteiger charge is 2.22. The first-order valence-electron chi connectivity index (χ1n) is 7.56. The zero-order chi connectivity index (χ0) is 17.9. The summed E-state index contributed by atoms with van der Waals surface area (Å²) in [6, 6.07) is 5.29. The minimum Gasteiger partial charge on any atom is -0.479 e. The van der Waals surface area contributed by atoms with Crippen molar-refractivity contribution in [2.45, 2.75) is 32.7 Å². The summed E-state index contributed by atoms with van der Waals surface area (Å²) in [7, 11) is 1.85. The Bertz CT molecular complexity index is 753. The van der Waals surface area contributed by atoms with Gasteiger partial charge in [0, 0.05) is 24.2 Å². The van der Waals surface area contributed by atoms with Crippen molar-refractivity contribution in [1.82, 2.24) is 15.1 Å². The van der Waals surface area contributed by atoms with Crippen LogP contribution in [0.1, 0.15) is 35.0 Å². The van der Waals surface area contributed by atoms with Crippen LogP contribution >= 0.6 is 11.6 Å². The van der Waals surface area contributed by atoms with Gasteiger partial charge in [-0.1, -0.05) is 23.7 Å². The predicted molar refractivity (Wildman–Crippen MR) is 91.0 cm³/mol. The van der Waals surface area contributed by atoms with E-state index in [1.54, 1.807) is 28.9 Å². The second kappa shape index (κ2) is 7.49. The normalized spacial score (nSPS) is 12.0. The number of aromatic nitrogens is 2. The lowest BCUT2D eigenvalue weighted by Crippen LogP contribution is -2.33. The van der Waals surface area contributed by atoms with Gasteiger partial charge in [-0.15, -0.1) is 0 Å². The molecule has 1 amide bonds. The lowest BCUT2D eigenvalue weighted by atomic mass is 10.1. The summed E-state index contributed by atoms with van der Waals surface area (Å²) < 4.78 is 1.77. The molecule has 1 atom stereocenters. The number of nitrogens with zero attached hydrogens (tertiary/aromatic N) is 2. The number of halogens is 1. The van der Waals surface area contributed by atoms with E-state index in [1.807, 2.05) is 20.9 Å². The number of carboxylic acid groups (broad SMARTS) is 1. The van der Waals surface area contributed by atoms with Gasteiger partial charge in [-0.3, -0.25) is 9.48 Å². The van der Waals surface area contributed by atoms with Gasteiger partial charge >= 0.3 is 5.97 Å². The Morgan fingerprint density at radius 1 is 1.29 bits per heavy atom. The molecule has 2 aromatic rings. The third kappa shape index (κ3) is 4.14. The van der Waals surface area contributed by atoms with E-state index in [9.17, 15) is 14.7 Å². The Balaban J connectivity index is 2.03. The van der Waals surface area contributed by atoms with E-state index < -0.39 is 12.0 Å². The van der Waals surface area contributed by atoms with E-state index in [2.05, 4.69) is 10.4 Å². The van der Waals surface area contributed by atoms with Crippen molar-refractivity contribution in [1.29, 1.82) is 0 Å². The molecular formula is C17H20ClN3O3. The number of carbonyl (C=O) groups excluding carboxylic acids is 1. The zero-order valence-corrected chi connectivity index (χ0v) is 14.6. The average Bonchev–Trinajstić information content (AvgIpc) is 2.76. The number of rotatable bonds is 6. The van der Waals surface area contributed by atoms with Crippen LogP contribution in [0.4, 0.5) is 0 Å². The van der Waals surface area contributed by atoms with Crippen LogP contribution in [-0.2, 0) is 23.1 Å². The molecule has 1 heterocycles. The largest absolute Gasteiger partial charge is 0.479 e. The van der Waals surface area contributed by atoms with Crippen LogP contribution in [-0.4, -0.2) is 26.8 Å². The van der Waals surface area contributed by atoms with Crippen molar-refractivity contribution in [2.75, 3.05) is 0 Å². The number of amides is 1. The van der Waals surface area contributed by atoms with Crippen molar-refractivity contribution in [3.05, 3.63) is 51.8 Å². The fourth-order valence-corrected chi connectivity index (χ4v) is 2.72. The molecule has 1 aromatic carbocycles. The molecule has 128 valence electrons. The third-order valence-electron chi connectivity index (χ3n) is 4.02. The van der Waals surface area contributed by atoms with E-state index in [0.29, 0.717) is 17.0 Å². The quantitative estimate of drug-likeness (QED) is 0.839. The van der Waals surface area contributed by atoms with Gasteiger partial charge in [0.1, 0.15) is 0 Å². The molecule has 0 radical (unpaired) electrons. The van der Waals surface area contributed by atoms with Gasteiger partial charge in [0.25, 0.3) is 0 Å². The molecule has 0 aliphatic carbocycles. The molecule has 0 saturated heterocycles. The zero-order valence-electron chi connectivity index (χ0n) is 13.8. The molecular weight excluding hydrogens is 330 g/mol. The first-order valence-corrected chi connectivity index (χ1v) is 7.94. The highest BCUT2D eigenvalue weighted by atomic mass is 35.5. The summed E-state index contributed by atoms with van der Waals surface area (Å²) in [6.45, 7) is 3.84. The van der Waals surface area contributed by atoms with Crippen molar-refractivity contribution >= 4 is 23.5 Å². The second-order valence-corrected chi connectivity index (χ2v) is 6.10. The first kappa shape index (κ1) is 18.0. The van der Waals surface area contributed by atoms with Crippen molar-refractivity contribution < 1.29 is 14.7 Å². The van der Waals surface area contributed by atoms with Gasteiger partial charge in [-0.2, -0.15) is 5.10 Å². The van der Waals surface area contributed by atoms with Crippen LogP contribution in [0.2, 0.25) is 5.02 Å². The fraction of sp³-hybridized carbons (Fsp3) is 0.353. The molecule has 0 saturated carbocycles. The van der Waals surface area contributed by atoms with E-state index in [4.69, 9.17) is 11.6 Å². The second-order valence-electron chi connectivity index (χ2n) is 5.66. The van der Waals surface area contributed by atoms with Crippen LogP contribution in [0.15, 0.2) is 24.3 Å². The molecule has 0 bridgehead atoms. The molecule has 2 rings (SSSR count). The maximum absolute atomic E-state index is 12.2. The number of benzene rings is 1. The number of carbonyl (C=O) groups is 2. The molecule has 1 aromatic heterocycles. The Morgan fingerprint density at radius 3 is 2.42 bits per heavy atom. The molecule has 0 fully saturated rings. The van der Waals surface area contributed by atoms with Gasteiger partial charge in [0.15, 0.2) is 6.04 Å². The molecule has 6 nitrogen and oxygen atoms in total. The number of nitrogens with one attached hydrogen (secondary N) is 1. The van der Waals surface area contributed by atoms with Gasteiger partial charge in [0.2, 0.25) is 5.91 Å². The summed E-state index contributed by atoms with van der Waals surface area (Å²) in [5.41, 5.74) is 3.39. The molecule has 0 unspecified atom stereocenters. The monoisotopic (exact) mass is 349 g/mol. The molecule has 0 aliphatic heterocycles. The van der Waals surface area contributed by atoms with Crippen LogP contribution < -0.4 is 5.32 Å². The highest BCUT2D eigenvalue weighted by molar-refractivity contribution is 6.30. The SMILES string of the molecule is Cc1nn(C)c(C)c1CCC(=O)N[C@@H](C(=O)O)c1ccc(Cl)cc1. The smallest absolute Gasteiger partial charge is 0.330 e. The highest BCUT2D eigenvalue weighted by Crippen LogP contribution is 2.18. The summed E-state index contributed by atoms with van der Waals surface area (Å²) in [6.07, 6.45) is 0.717. The number of hydrogen-bond acceptors (Lipinski definition) is 3.